The van der Waals surface area contributed by atoms with Gasteiger partial charge in [0.05, 0.1) is 5.69 Å². The van der Waals surface area contributed by atoms with Crippen molar-refractivity contribution in [2.75, 3.05) is 0 Å². The van der Waals surface area contributed by atoms with E-state index in [4.69, 9.17) is 11.6 Å². The Morgan fingerprint density at radius 3 is 2.65 bits per heavy atom. The molecule has 1 aromatic carbocycles. The third kappa shape index (κ3) is 2.56. The Bertz CT molecular complexity index is 519. The molecular formula is C13H13ClN2O. The fourth-order valence-electron chi connectivity index (χ4n) is 1.74. The second-order valence-electron chi connectivity index (χ2n) is 3.79. The molecule has 0 unspecified atom stereocenters. The number of hydrogen-bond acceptors (Lipinski definition) is 2. The van der Waals surface area contributed by atoms with Crippen LogP contribution in [-0.2, 0) is 6.42 Å². The summed E-state index contributed by atoms with van der Waals surface area (Å²) in [6.07, 6.45) is 1.86. The molecule has 0 saturated carbocycles. The number of halogens is 1. The number of benzene rings is 1. The number of hydrogen-bond donors (Lipinski definition) is 0. The summed E-state index contributed by atoms with van der Waals surface area (Å²) in [6, 6.07) is 11.5. The Hall–Kier alpha value is -1.61. The molecule has 2 aromatic rings. The maximum Gasteiger partial charge on any atom is 0.272 e. The molecule has 1 heterocycles. The zero-order chi connectivity index (χ0) is 12.3. The average Bonchev–Trinajstić information content (AvgIpc) is 2.75. The second kappa shape index (κ2) is 5.15. The van der Waals surface area contributed by atoms with Gasteiger partial charge in [0.2, 0.25) is 0 Å². The molecule has 17 heavy (non-hydrogen) atoms. The lowest BCUT2D eigenvalue weighted by Gasteiger charge is -2.05. The highest BCUT2D eigenvalue weighted by atomic mass is 35.5. The van der Waals surface area contributed by atoms with E-state index >= 15 is 0 Å². The van der Waals surface area contributed by atoms with Gasteiger partial charge in [-0.15, -0.1) is 0 Å². The van der Waals surface area contributed by atoms with Gasteiger partial charge in [-0.3, -0.25) is 4.79 Å². The van der Waals surface area contributed by atoms with E-state index in [2.05, 4.69) is 12.0 Å². The molecule has 4 heteroatoms. The van der Waals surface area contributed by atoms with Crippen LogP contribution in [0.25, 0.3) is 5.69 Å². The van der Waals surface area contributed by atoms with Crippen LogP contribution < -0.4 is 0 Å². The van der Waals surface area contributed by atoms with Crippen molar-refractivity contribution in [2.24, 2.45) is 0 Å². The van der Waals surface area contributed by atoms with Gasteiger partial charge in [0, 0.05) is 5.69 Å². The smallest absolute Gasteiger partial charge is 0.272 e. The fraction of sp³-hybridized carbons (Fsp3) is 0.231. The van der Waals surface area contributed by atoms with Crippen molar-refractivity contribution in [2.45, 2.75) is 19.8 Å². The summed E-state index contributed by atoms with van der Waals surface area (Å²) < 4.78 is 1.78. The molecule has 0 bridgehead atoms. The molecule has 88 valence electrons. The van der Waals surface area contributed by atoms with Gasteiger partial charge in [-0.1, -0.05) is 31.5 Å². The first kappa shape index (κ1) is 11.9. The van der Waals surface area contributed by atoms with Gasteiger partial charge in [0.15, 0.2) is 0 Å². The monoisotopic (exact) mass is 248 g/mol. The molecule has 3 nitrogen and oxygen atoms in total. The first-order valence-corrected chi connectivity index (χ1v) is 5.94. The first-order chi connectivity index (χ1) is 8.22. The van der Waals surface area contributed by atoms with Crippen molar-refractivity contribution >= 4 is 16.8 Å². The highest BCUT2D eigenvalue weighted by Crippen LogP contribution is 2.15. The van der Waals surface area contributed by atoms with Gasteiger partial charge in [0.25, 0.3) is 5.24 Å². The standard InChI is InChI=1S/C13H13ClN2O/c1-2-6-11-9-12(13(14)17)15-16(11)10-7-4-3-5-8-10/h3-5,7-9H,2,6H2,1H3. The first-order valence-electron chi connectivity index (χ1n) is 5.56. The summed E-state index contributed by atoms with van der Waals surface area (Å²) in [5.74, 6) is 0. The van der Waals surface area contributed by atoms with E-state index in [1.807, 2.05) is 30.3 Å². The Morgan fingerprint density at radius 1 is 1.35 bits per heavy atom. The molecule has 0 aliphatic rings. The minimum Gasteiger partial charge on any atom is -0.274 e. The minimum atomic E-state index is -0.517. The molecule has 0 saturated heterocycles. The Morgan fingerprint density at radius 2 is 2.06 bits per heavy atom. The second-order valence-corrected chi connectivity index (χ2v) is 4.14. The summed E-state index contributed by atoms with van der Waals surface area (Å²) in [5, 5.41) is 3.72. The van der Waals surface area contributed by atoms with Crippen LogP contribution in [0, 0.1) is 0 Å². The topological polar surface area (TPSA) is 34.9 Å². The van der Waals surface area contributed by atoms with E-state index in [1.54, 1.807) is 10.7 Å². The van der Waals surface area contributed by atoms with Gasteiger partial charge < -0.3 is 0 Å². The molecule has 0 radical (unpaired) electrons. The van der Waals surface area contributed by atoms with Gasteiger partial charge in [-0.05, 0) is 36.2 Å². The van der Waals surface area contributed by atoms with Crippen molar-refractivity contribution in [3.05, 3.63) is 47.8 Å². The highest BCUT2D eigenvalue weighted by Gasteiger charge is 2.12. The highest BCUT2D eigenvalue weighted by molar-refractivity contribution is 6.67. The molecule has 0 N–H and O–H groups in total. The molecule has 0 aliphatic carbocycles. The zero-order valence-corrected chi connectivity index (χ0v) is 10.3. The van der Waals surface area contributed by atoms with E-state index in [0.29, 0.717) is 5.69 Å². The summed E-state index contributed by atoms with van der Waals surface area (Å²) >= 11 is 5.46. The normalized spacial score (nSPS) is 10.5. The predicted octanol–water partition coefficient (Wildman–Crippen LogP) is 3.20. The van der Waals surface area contributed by atoms with Crippen molar-refractivity contribution < 1.29 is 4.79 Å². The third-order valence-corrected chi connectivity index (χ3v) is 2.69. The molecule has 2 rings (SSSR count). The Labute approximate surface area is 105 Å². The Balaban J connectivity index is 2.48. The van der Waals surface area contributed by atoms with Crippen molar-refractivity contribution in [1.29, 1.82) is 0 Å². The van der Waals surface area contributed by atoms with Crippen molar-refractivity contribution in [1.82, 2.24) is 9.78 Å². The van der Waals surface area contributed by atoms with Crippen LogP contribution in [0.15, 0.2) is 36.4 Å². The average molecular weight is 249 g/mol. The minimum absolute atomic E-state index is 0.305. The third-order valence-electron chi connectivity index (χ3n) is 2.49. The lowest BCUT2D eigenvalue weighted by molar-refractivity contribution is 0.107. The number of rotatable bonds is 4. The molecule has 0 atom stereocenters. The van der Waals surface area contributed by atoms with Gasteiger partial charge >= 0.3 is 0 Å². The summed E-state index contributed by atoms with van der Waals surface area (Å²) in [5.41, 5.74) is 2.25. The van der Waals surface area contributed by atoms with Crippen LogP contribution in [0.2, 0.25) is 0 Å². The number of carbonyl (C=O) groups excluding carboxylic acids is 1. The SMILES string of the molecule is CCCc1cc(C(=O)Cl)nn1-c1ccccc1. The molecule has 1 aromatic heterocycles. The van der Waals surface area contributed by atoms with Crippen LogP contribution in [0.1, 0.15) is 29.5 Å². The van der Waals surface area contributed by atoms with Crippen LogP contribution in [-0.4, -0.2) is 15.0 Å². The predicted molar refractivity (Wildman–Crippen MR) is 67.7 cm³/mol. The van der Waals surface area contributed by atoms with Crippen LogP contribution in [0.3, 0.4) is 0 Å². The molecule has 0 fully saturated rings. The Kier molecular flexibility index (Phi) is 3.59. The zero-order valence-electron chi connectivity index (χ0n) is 9.56. The van der Waals surface area contributed by atoms with Crippen molar-refractivity contribution in [3.63, 3.8) is 0 Å². The summed E-state index contributed by atoms with van der Waals surface area (Å²) in [7, 11) is 0. The van der Waals surface area contributed by atoms with Gasteiger partial charge in [0.1, 0.15) is 5.69 Å². The van der Waals surface area contributed by atoms with E-state index in [1.165, 1.54) is 0 Å². The number of nitrogens with zero attached hydrogens (tertiary/aromatic N) is 2. The molecule has 0 aliphatic heterocycles. The van der Waals surface area contributed by atoms with E-state index in [0.717, 1.165) is 24.2 Å². The van der Waals surface area contributed by atoms with E-state index < -0.39 is 5.24 Å². The summed E-state index contributed by atoms with van der Waals surface area (Å²) in [6.45, 7) is 2.09. The number of aromatic nitrogens is 2. The number of aryl methyl sites for hydroxylation is 1. The van der Waals surface area contributed by atoms with Gasteiger partial charge in [-0.25, -0.2) is 4.68 Å². The lowest BCUT2D eigenvalue weighted by Crippen LogP contribution is -2.02. The lowest BCUT2D eigenvalue weighted by atomic mass is 10.2. The molecule has 0 spiro atoms. The van der Waals surface area contributed by atoms with Crippen LogP contribution in [0.5, 0.6) is 0 Å². The van der Waals surface area contributed by atoms with Gasteiger partial charge in [-0.2, -0.15) is 5.10 Å². The number of carbonyl (C=O) groups is 1. The van der Waals surface area contributed by atoms with E-state index in [-0.39, 0.29) is 0 Å². The maximum atomic E-state index is 11.1. The molecule has 0 amide bonds. The molecular weight excluding hydrogens is 236 g/mol. The van der Waals surface area contributed by atoms with Crippen LogP contribution in [0.4, 0.5) is 0 Å². The fourth-order valence-corrected chi connectivity index (χ4v) is 1.84. The van der Waals surface area contributed by atoms with Crippen molar-refractivity contribution in [3.8, 4) is 5.69 Å². The summed E-state index contributed by atoms with van der Waals surface area (Å²) in [4.78, 5) is 11.1. The van der Waals surface area contributed by atoms with E-state index in [9.17, 15) is 4.79 Å². The van der Waals surface area contributed by atoms with Crippen LogP contribution >= 0.6 is 11.6 Å². The maximum absolute atomic E-state index is 11.1. The quantitative estimate of drug-likeness (QED) is 0.779. The largest absolute Gasteiger partial charge is 0.274 e. The number of para-hydroxylation sites is 1.